The molecule has 0 bridgehead atoms. The topological polar surface area (TPSA) is 86.3 Å². The van der Waals surface area contributed by atoms with Gasteiger partial charge in [-0.25, -0.2) is 0 Å². The molecule has 0 fully saturated rings. The fourth-order valence-corrected chi connectivity index (χ4v) is 2.08. The van der Waals surface area contributed by atoms with Crippen LogP contribution in [0.25, 0.3) is 0 Å². The molecule has 1 aromatic carbocycles. The van der Waals surface area contributed by atoms with Crippen LogP contribution < -0.4 is 4.46 Å². The summed E-state index contributed by atoms with van der Waals surface area (Å²) in [6.45, 7) is 0. The van der Waals surface area contributed by atoms with Crippen molar-refractivity contribution < 1.29 is 9.85 Å². The van der Waals surface area contributed by atoms with E-state index in [9.17, 15) is 20.2 Å². The first-order valence-electron chi connectivity index (χ1n) is 3.53. The van der Waals surface area contributed by atoms with Crippen molar-refractivity contribution in [2.24, 2.45) is 0 Å². The van der Waals surface area contributed by atoms with Gasteiger partial charge >= 0.3 is 84.9 Å². The van der Waals surface area contributed by atoms with E-state index in [1.807, 2.05) is 5.82 Å². The molecule has 0 amide bonds. The Morgan fingerprint density at radius 1 is 1.21 bits per heavy atom. The van der Waals surface area contributed by atoms with E-state index in [-0.39, 0.29) is 26.3 Å². The van der Waals surface area contributed by atoms with Gasteiger partial charge in [-0.3, -0.25) is 0 Å². The molecular weight excluding hydrogens is 255 g/mol. The summed E-state index contributed by atoms with van der Waals surface area (Å²) in [5.74, 6) is 1.82. The third-order valence-electron chi connectivity index (χ3n) is 1.57. The summed E-state index contributed by atoms with van der Waals surface area (Å²) in [6, 6.07) is 3.73. The van der Waals surface area contributed by atoms with Gasteiger partial charge in [0, 0.05) is 0 Å². The Morgan fingerprint density at radius 3 is 2.29 bits per heavy atom. The zero-order valence-electron chi connectivity index (χ0n) is 7.17. The molecule has 1 aromatic rings. The summed E-state index contributed by atoms with van der Waals surface area (Å²) in [5, 5.41) is 20.9. The molecule has 0 saturated heterocycles. The van der Waals surface area contributed by atoms with E-state index in [0.29, 0.717) is 4.46 Å². The summed E-state index contributed by atoms with van der Waals surface area (Å²) in [7, 11) is 0. The second-order valence-electron chi connectivity index (χ2n) is 2.37. The fraction of sp³-hybridized carbons (Fsp3) is 0.143. The normalized spacial score (nSPS) is 9.79. The first kappa shape index (κ1) is 10.6. The molecule has 0 radical (unpaired) electrons. The Labute approximate surface area is 85.4 Å². The van der Waals surface area contributed by atoms with Crippen molar-refractivity contribution in [2.45, 2.75) is 5.82 Å². The molecule has 0 aliphatic carbocycles. The third-order valence-corrected chi connectivity index (χ3v) is 3.22. The molecule has 0 aliphatic heterocycles. The van der Waals surface area contributed by atoms with Crippen LogP contribution >= 0.6 is 0 Å². The molecule has 0 unspecified atom stereocenters. The fourth-order valence-electron chi connectivity index (χ4n) is 0.935. The first-order chi connectivity index (χ1) is 6.56. The van der Waals surface area contributed by atoms with Gasteiger partial charge in [-0.2, -0.15) is 0 Å². The average Bonchev–Trinajstić information content (AvgIpc) is 2.16. The zero-order valence-corrected chi connectivity index (χ0v) is 8.88. The van der Waals surface area contributed by atoms with Gasteiger partial charge in [0.15, 0.2) is 0 Å². The van der Waals surface area contributed by atoms with Crippen molar-refractivity contribution in [2.75, 3.05) is 0 Å². The van der Waals surface area contributed by atoms with Gasteiger partial charge in [0.05, 0.1) is 0 Å². The van der Waals surface area contributed by atoms with Gasteiger partial charge in [-0.15, -0.1) is 0 Å². The van der Waals surface area contributed by atoms with Crippen LogP contribution in [-0.2, 0) is 0 Å². The molecule has 0 aliphatic rings. The minimum absolute atomic E-state index is 0.0441. The molecule has 14 heavy (non-hydrogen) atoms. The van der Waals surface area contributed by atoms with E-state index in [2.05, 4.69) is 0 Å². The Morgan fingerprint density at radius 2 is 1.86 bits per heavy atom. The quantitative estimate of drug-likeness (QED) is 0.459. The van der Waals surface area contributed by atoms with E-state index in [1.165, 1.54) is 12.1 Å². The summed E-state index contributed by atoms with van der Waals surface area (Å²) in [4.78, 5) is 19.7. The van der Waals surface area contributed by atoms with Gasteiger partial charge in [-0.1, -0.05) is 0 Å². The molecule has 0 aromatic heterocycles. The standard InChI is InChI=1S/C7H6N2O4Se/c1-14-7-3-2-5(8(10)11)4-6(7)9(12)13/h2-4H,1H3. The van der Waals surface area contributed by atoms with Crippen LogP contribution in [0, 0.1) is 20.2 Å². The molecule has 0 saturated carbocycles. The van der Waals surface area contributed by atoms with Crippen LogP contribution in [-0.4, -0.2) is 24.8 Å². The van der Waals surface area contributed by atoms with Gasteiger partial charge in [0.2, 0.25) is 0 Å². The third kappa shape index (κ3) is 2.07. The van der Waals surface area contributed by atoms with Crippen molar-refractivity contribution >= 4 is 30.8 Å². The SMILES string of the molecule is C[Se]c1ccc([N+](=O)[O-])cc1[N+](=O)[O-]. The summed E-state index contributed by atoms with van der Waals surface area (Å²) in [6.07, 6.45) is 0. The molecular formula is C7H6N2O4Se. The Hall–Kier alpha value is -1.46. The van der Waals surface area contributed by atoms with Crippen molar-refractivity contribution in [1.29, 1.82) is 0 Å². The van der Waals surface area contributed by atoms with Crippen LogP contribution in [0.4, 0.5) is 11.4 Å². The van der Waals surface area contributed by atoms with Crippen molar-refractivity contribution in [3.63, 3.8) is 0 Å². The van der Waals surface area contributed by atoms with E-state index in [1.54, 1.807) is 0 Å². The molecule has 0 heterocycles. The Kier molecular flexibility index (Phi) is 3.16. The van der Waals surface area contributed by atoms with Gasteiger partial charge < -0.3 is 0 Å². The molecule has 74 valence electrons. The second-order valence-corrected chi connectivity index (χ2v) is 4.15. The van der Waals surface area contributed by atoms with E-state index < -0.39 is 9.85 Å². The second kappa shape index (κ2) is 4.17. The van der Waals surface area contributed by atoms with Crippen molar-refractivity contribution in [1.82, 2.24) is 0 Å². The van der Waals surface area contributed by atoms with E-state index in [0.717, 1.165) is 6.07 Å². The van der Waals surface area contributed by atoms with Crippen molar-refractivity contribution in [3.05, 3.63) is 38.4 Å². The molecule has 0 N–H and O–H groups in total. The Balaban J connectivity index is 3.27. The molecule has 7 heteroatoms. The number of nitrogens with zero attached hydrogens (tertiary/aromatic N) is 2. The summed E-state index contributed by atoms with van der Waals surface area (Å²) >= 11 is -0.0441. The summed E-state index contributed by atoms with van der Waals surface area (Å²) < 4.78 is 0.563. The van der Waals surface area contributed by atoms with Crippen LogP contribution in [0.3, 0.4) is 0 Å². The number of hydrogen-bond acceptors (Lipinski definition) is 4. The maximum atomic E-state index is 10.5. The summed E-state index contributed by atoms with van der Waals surface area (Å²) in [5.41, 5.74) is -0.411. The van der Waals surface area contributed by atoms with E-state index >= 15 is 0 Å². The van der Waals surface area contributed by atoms with Crippen molar-refractivity contribution in [3.8, 4) is 0 Å². The van der Waals surface area contributed by atoms with Crippen LogP contribution in [0.2, 0.25) is 5.82 Å². The molecule has 1 rings (SSSR count). The number of benzene rings is 1. The van der Waals surface area contributed by atoms with Crippen LogP contribution in [0.5, 0.6) is 0 Å². The molecule has 6 nitrogen and oxygen atoms in total. The molecule has 0 spiro atoms. The van der Waals surface area contributed by atoms with E-state index in [4.69, 9.17) is 0 Å². The van der Waals surface area contributed by atoms with Crippen LogP contribution in [0.15, 0.2) is 18.2 Å². The first-order valence-corrected chi connectivity index (χ1v) is 6.10. The molecule has 0 atom stereocenters. The maximum absolute atomic E-state index is 10.5. The number of nitro benzene ring substituents is 2. The van der Waals surface area contributed by atoms with Gasteiger partial charge in [-0.05, 0) is 0 Å². The van der Waals surface area contributed by atoms with Crippen LogP contribution in [0.1, 0.15) is 0 Å². The zero-order chi connectivity index (χ0) is 10.7. The number of rotatable bonds is 3. The van der Waals surface area contributed by atoms with Gasteiger partial charge in [0.25, 0.3) is 0 Å². The number of non-ortho nitro benzene ring substituents is 1. The number of nitro groups is 2. The van der Waals surface area contributed by atoms with Gasteiger partial charge in [0.1, 0.15) is 0 Å². The average molecular weight is 261 g/mol. The number of hydrogen-bond donors (Lipinski definition) is 0. The monoisotopic (exact) mass is 262 g/mol. The minimum atomic E-state index is -0.639. The predicted molar refractivity (Wildman–Crippen MR) is 51.0 cm³/mol. The Bertz CT molecular complexity index is 393. The predicted octanol–water partition coefficient (Wildman–Crippen LogP) is 0.881.